The van der Waals surface area contributed by atoms with E-state index in [0.29, 0.717) is 12.5 Å². The van der Waals surface area contributed by atoms with Crippen molar-refractivity contribution in [2.24, 2.45) is 11.7 Å². The highest BCUT2D eigenvalue weighted by Crippen LogP contribution is 2.34. The van der Waals surface area contributed by atoms with Crippen LogP contribution in [0.3, 0.4) is 0 Å². The van der Waals surface area contributed by atoms with E-state index in [9.17, 15) is 8.42 Å². The van der Waals surface area contributed by atoms with E-state index in [2.05, 4.69) is 69.8 Å². The molecule has 0 aliphatic heterocycles. The molecule has 1 fully saturated rings. The predicted molar refractivity (Wildman–Crippen MR) is 129 cm³/mol. The van der Waals surface area contributed by atoms with Gasteiger partial charge in [-0.2, -0.15) is 0 Å². The monoisotopic (exact) mass is 526 g/mol. The highest BCUT2D eigenvalue weighted by atomic mass is 127. The molecule has 2 aromatic carbocycles. The van der Waals surface area contributed by atoms with Crippen molar-refractivity contribution in [1.29, 1.82) is 0 Å². The third-order valence-electron chi connectivity index (χ3n) is 5.82. The van der Waals surface area contributed by atoms with Crippen molar-refractivity contribution >= 4 is 32.6 Å². The van der Waals surface area contributed by atoms with Crippen molar-refractivity contribution in [2.75, 3.05) is 10.7 Å². The Morgan fingerprint density at radius 2 is 1.76 bits per heavy atom. The van der Waals surface area contributed by atoms with Crippen LogP contribution in [0.25, 0.3) is 0 Å². The summed E-state index contributed by atoms with van der Waals surface area (Å²) in [7, 11) is -3.19. The Balaban J connectivity index is 0.00000117. The Morgan fingerprint density at radius 3 is 2.45 bits per heavy atom. The third-order valence-corrected chi connectivity index (χ3v) is 7.31. The van der Waals surface area contributed by atoms with Gasteiger partial charge in [0.2, 0.25) is 10.0 Å². The van der Waals surface area contributed by atoms with Crippen molar-refractivity contribution in [3.8, 4) is 0 Å². The molecule has 158 valence electrons. The largest absolute Gasteiger partial charge is 0.327 e. The number of aryl methyl sites for hydroxylation is 1. The lowest BCUT2D eigenvalue weighted by Gasteiger charge is -2.32. The number of hydrogen-bond acceptors (Lipinski definition) is 3. The summed E-state index contributed by atoms with van der Waals surface area (Å²) in [4.78, 5) is 1.97. The van der Waals surface area contributed by atoms with Crippen molar-refractivity contribution in [2.45, 2.75) is 50.6 Å². The quantitative estimate of drug-likeness (QED) is 0.421. The third kappa shape index (κ3) is 6.51. The zero-order chi connectivity index (χ0) is 20.9. The Kier molecular flexibility index (Phi) is 8.13. The highest BCUT2D eigenvalue weighted by molar-refractivity contribution is 14.1. The molecule has 0 bridgehead atoms. The van der Waals surface area contributed by atoms with Crippen LogP contribution in [0.15, 0.2) is 48.5 Å². The van der Waals surface area contributed by atoms with E-state index in [1.165, 1.54) is 16.7 Å². The zero-order valence-electron chi connectivity index (χ0n) is 17.0. The maximum atomic E-state index is 12.2. The van der Waals surface area contributed by atoms with E-state index in [1.54, 1.807) is 0 Å². The Morgan fingerprint density at radius 1 is 1.03 bits per heavy atom. The van der Waals surface area contributed by atoms with Crippen LogP contribution < -0.4 is 10.5 Å². The van der Waals surface area contributed by atoms with Gasteiger partial charge in [0.25, 0.3) is 0 Å². The summed E-state index contributed by atoms with van der Waals surface area (Å²) in [5, 5.41) is 0. The Bertz CT molecular complexity index is 898. The first kappa shape index (κ1) is 22.7. The first-order valence-electron chi connectivity index (χ1n) is 10.3. The number of halogens is 1. The summed E-state index contributed by atoms with van der Waals surface area (Å²) < 4.78 is 27.1. The molecule has 4 rings (SSSR count). The minimum atomic E-state index is -3.19. The van der Waals surface area contributed by atoms with E-state index < -0.39 is 10.0 Å². The average molecular weight is 526 g/mol. The van der Waals surface area contributed by atoms with Crippen LogP contribution in [-0.4, -0.2) is 25.1 Å². The van der Waals surface area contributed by atoms with Crippen LogP contribution >= 0.6 is 22.6 Å². The van der Waals surface area contributed by atoms with Gasteiger partial charge in [0.15, 0.2) is 0 Å². The van der Waals surface area contributed by atoms with Crippen molar-refractivity contribution in [1.82, 2.24) is 4.72 Å². The number of nitrogens with two attached hydrogens (primary N) is 1. The van der Waals surface area contributed by atoms with E-state index in [4.69, 9.17) is 5.73 Å². The van der Waals surface area contributed by atoms with Gasteiger partial charge in [-0.05, 0) is 65.2 Å². The van der Waals surface area contributed by atoms with Crippen LogP contribution in [0.4, 0.5) is 0 Å². The maximum absolute atomic E-state index is 12.2. The Hall–Kier alpha value is -0.960. The van der Waals surface area contributed by atoms with E-state index in [0.717, 1.165) is 37.7 Å². The van der Waals surface area contributed by atoms with E-state index in [1.807, 2.05) is 11.0 Å². The minimum Gasteiger partial charge on any atom is -0.327 e. The summed E-state index contributed by atoms with van der Waals surface area (Å²) >= 11 is 2.15. The van der Waals surface area contributed by atoms with Crippen molar-refractivity contribution in [3.05, 3.63) is 70.8 Å². The lowest BCUT2D eigenvalue weighted by Crippen LogP contribution is -2.34. The van der Waals surface area contributed by atoms with Crippen LogP contribution in [-0.2, 0) is 29.4 Å². The van der Waals surface area contributed by atoms with Gasteiger partial charge >= 0.3 is 0 Å². The van der Waals surface area contributed by atoms with Gasteiger partial charge in [0, 0.05) is 18.5 Å². The lowest BCUT2D eigenvalue weighted by atomic mass is 9.76. The smallest absolute Gasteiger partial charge is 0.212 e. The molecule has 2 atom stereocenters. The summed E-state index contributed by atoms with van der Waals surface area (Å²) in [6.45, 7) is 0.357. The fourth-order valence-electron chi connectivity index (χ4n) is 4.06. The normalized spacial score (nSPS) is 21.1. The topological polar surface area (TPSA) is 72.2 Å². The molecule has 0 aromatic heterocycles. The number of sulfonamides is 1. The molecule has 6 heteroatoms. The molecule has 0 radical (unpaired) electrons. The van der Waals surface area contributed by atoms with Crippen LogP contribution in [0, 0.1) is 5.92 Å². The second-order valence-corrected chi connectivity index (χ2v) is 9.93. The van der Waals surface area contributed by atoms with Crippen molar-refractivity contribution < 1.29 is 8.42 Å². The lowest BCUT2D eigenvalue weighted by molar-refractivity contribution is 0.467. The van der Waals surface area contributed by atoms with E-state index in [-0.39, 0.29) is 17.7 Å². The molecule has 2 aliphatic carbocycles. The first-order chi connectivity index (χ1) is 14.0. The summed E-state index contributed by atoms with van der Waals surface area (Å²) in [5.41, 5.74) is 11.4. The summed E-state index contributed by atoms with van der Waals surface area (Å²) in [6, 6.07) is 17.0. The van der Waals surface area contributed by atoms with Gasteiger partial charge in [0.05, 0.1) is 5.75 Å². The van der Waals surface area contributed by atoms with Crippen LogP contribution in [0.2, 0.25) is 0 Å². The van der Waals surface area contributed by atoms with E-state index >= 15 is 0 Å². The zero-order valence-corrected chi connectivity index (χ0v) is 20.0. The summed E-state index contributed by atoms with van der Waals surface area (Å²) in [6.07, 6.45) is 5.00. The number of alkyl halides is 1. The van der Waals surface area contributed by atoms with Gasteiger partial charge in [-0.3, -0.25) is 0 Å². The molecular formula is C23H31IN2O2S. The molecule has 0 saturated heterocycles. The van der Waals surface area contributed by atoms with Crippen LogP contribution in [0.1, 0.15) is 47.4 Å². The number of rotatable bonds is 7. The number of hydrogen-bond donors (Lipinski definition) is 2. The molecule has 0 amide bonds. The molecule has 2 unspecified atom stereocenters. The second-order valence-electron chi connectivity index (χ2n) is 8.08. The molecule has 0 heterocycles. The molecule has 2 aromatic rings. The Labute approximate surface area is 188 Å². The van der Waals surface area contributed by atoms with Gasteiger partial charge < -0.3 is 5.73 Å². The fraction of sp³-hybridized carbons (Fsp3) is 0.478. The SMILES string of the molecule is CI.NC1CCc2ccc(CNS(=O)(=O)CC3CC3)cc2C1Cc1ccccc1. The molecule has 0 spiro atoms. The van der Waals surface area contributed by atoms with Gasteiger partial charge in [-0.25, -0.2) is 13.1 Å². The van der Waals surface area contributed by atoms with Gasteiger partial charge in [-0.1, -0.05) is 71.1 Å². The molecule has 4 nitrogen and oxygen atoms in total. The molecule has 3 N–H and O–H groups in total. The number of nitrogens with one attached hydrogen (secondary N) is 1. The van der Waals surface area contributed by atoms with Crippen molar-refractivity contribution in [3.63, 3.8) is 0 Å². The molecule has 29 heavy (non-hydrogen) atoms. The maximum Gasteiger partial charge on any atom is 0.212 e. The van der Waals surface area contributed by atoms with Crippen LogP contribution in [0.5, 0.6) is 0 Å². The molecule has 1 saturated carbocycles. The first-order valence-corrected chi connectivity index (χ1v) is 14.1. The number of benzene rings is 2. The predicted octanol–water partition coefficient (Wildman–Crippen LogP) is 4.17. The van der Waals surface area contributed by atoms with Gasteiger partial charge in [-0.15, -0.1) is 0 Å². The standard InChI is InChI=1S/C22H28N2O2S.CH3I/c23-22-11-10-19-9-8-18(14-24-27(25,26)15-17-6-7-17)13-20(19)21(22)12-16-4-2-1-3-5-16;1-2/h1-5,8-9,13,17,21-22,24H,6-7,10-12,14-15,23H2;1H3. The average Bonchev–Trinajstić information content (AvgIpc) is 3.54. The summed E-state index contributed by atoms with van der Waals surface area (Å²) in [5.74, 6) is 0.901. The minimum absolute atomic E-state index is 0.138. The molecular weight excluding hydrogens is 495 g/mol. The van der Waals surface area contributed by atoms with Gasteiger partial charge in [0.1, 0.15) is 0 Å². The second kappa shape index (κ2) is 10.4. The highest BCUT2D eigenvalue weighted by Gasteiger charge is 2.29. The fourth-order valence-corrected chi connectivity index (χ4v) is 5.52. The molecule has 2 aliphatic rings. The number of fused-ring (bicyclic) bond motifs is 1.